The molecule has 0 N–H and O–H groups in total. The summed E-state index contributed by atoms with van der Waals surface area (Å²) in [7, 11) is 0. The van der Waals surface area contributed by atoms with E-state index in [1.54, 1.807) is 0 Å². The molecule has 1 saturated heterocycles. The van der Waals surface area contributed by atoms with E-state index in [1.807, 2.05) is 16.7 Å². The van der Waals surface area contributed by atoms with Crippen molar-refractivity contribution in [1.82, 2.24) is 4.90 Å². The van der Waals surface area contributed by atoms with E-state index in [4.69, 9.17) is 0 Å². The van der Waals surface area contributed by atoms with Crippen molar-refractivity contribution in [1.29, 1.82) is 0 Å². The van der Waals surface area contributed by atoms with Crippen molar-refractivity contribution >= 4 is 30.3 Å². The Hall–Kier alpha value is -0.680. The maximum absolute atomic E-state index is 13.1. The van der Waals surface area contributed by atoms with Gasteiger partial charge >= 0.3 is 0 Å². The minimum absolute atomic E-state index is 0.0348. The number of carbonyl (C=O) groups is 1. The van der Waals surface area contributed by atoms with E-state index in [2.05, 4.69) is 19.6 Å². The number of thioether (sulfide) groups is 1. The maximum atomic E-state index is 13.1. The Labute approximate surface area is 110 Å². The average Bonchev–Trinajstić information content (AvgIpc) is 2.32. The molecular weight excluding hydrogens is 257 g/mol. The molecular formula is C12H14FNOS2. The number of hydrogen-bond acceptors (Lipinski definition) is 3. The van der Waals surface area contributed by atoms with Crippen molar-refractivity contribution in [2.24, 2.45) is 0 Å². The smallest absolute Gasteiger partial charge is 0.253 e. The molecule has 1 aromatic carbocycles. The van der Waals surface area contributed by atoms with E-state index in [0.29, 0.717) is 10.8 Å². The maximum Gasteiger partial charge on any atom is 0.253 e. The molecule has 1 fully saturated rings. The van der Waals surface area contributed by atoms with E-state index in [-0.39, 0.29) is 10.8 Å². The first-order chi connectivity index (χ1) is 8.08. The quantitative estimate of drug-likeness (QED) is 0.793. The summed E-state index contributed by atoms with van der Waals surface area (Å²) in [6.45, 7) is 3.62. The molecule has 2 nitrogen and oxygen atoms in total. The molecule has 2 rings (SSSR count). The number of carbonyl (C=O) groups excluding carboxylic acids is 1. The van der Waals surface area contributed by atoms with Crippen LogP contribution >= 0.6 is 24.4 Å². The first-order valence-corrected chi connectivity index (χ1v) is 6.97. The van der Waals surface area contributed by atoms with Gasteiger partial charge in [0.1, 0.15) is 5.82 Å². The predicted molar refractivity (Wildman–Crippen MR) is 71.5 cm³/mol. The highest BCUT2D eigenvalue weighted by Gasteiger charge is 2.22. The van der Waals surface area contributed by atoms with Gasteiger partial charge in [-0.2, -0.15) is 11.8 Å². The van der Waals surface area contributed by atoms with Gasteiger partial charge in [0.15, 0.2) is 0 Å². The highest BCUT2D eigenvalue weighted by atomic mass is 32.2. The molecule has 0 radical (unpaired) electrons. The summed E-state index contributed by atoms with van der Waals surface area (Å²) < 4.78 is 13.1. The van der Waals surface area contributed by atoms with Gasteiger partial charge in [-0.25, -0.2) is 4.39 Å². The fourth-order valence-corrected chi connectivity index (χ4v) is 3.06. The van der Waals surface area contributed by atoms with Crippen molar-refractivity contribution in [2.45, 2.75) is 17.1 Å². The summed E-state index contributed by atoms with van der Waals surface area (Å²) in [4.78, 5) is 14.2. The third-order valence-corrected chi connectivity index (χ3v) is 4.20. The summed E-state index contributed by atoms with van der Waals surface area (Å²) in [5.74, 6) is 0.530. The molecule has 1 heterocycles. The highest BCUT2D eigenvalue weighted by molar-refractivity contribution is 7.99. The Bertz CT molecular complexity index is 439. The van der Waals surface area contributed by atoms with Crippen LogP contribution in [0.4, 0.5) is 4.39 Å². The Morgan fingerprint density at radius 2 is 2.35 bits per heavy atom. The molecule has 1 aliphatic heterocycles. The van der Waals surface area contributed by atoms with Gasteiger partial charge < -0.3 is 4.90 Å². The molecule has 92 valence electrons. The normalized spacial score (nSPS) is 20.4. The van der Waals surface area contributed by atoms with Crippen molar-refractivity contribution < 1.29 is 9.18 Å². The number of hydrogen-bond donors (Lipinski definition) is 1. The molecule has 1 aromatic rings. The lowest BCUT2D eigenvalue weighted by atomic mass is 10.2. The van der Waals surface area contributed by atoms with Gasteiger partial charge in [-0.15, -0.1) is 12.6 Å². The number of nitrogens with zero attached hydrogens (tertiary/aromatic N) is 1. The monoisotopic (exact) mass is 271 g/mol. The first-order valence-electron chi connectivity index (χ1n) is 5.47. The van der Waals surface area contributed by atoms with Crippen LogP contribution in [-0.2, 0) is 0 Å². The largest absolute Gasteiger partial charge is 0.337 e. The van der Waals surface area contributed by atoms with E-state index < -0.39 is 5.82 Å². The standard InChI is InChI=1S/C12H14FNOS2/c1-8-7-14(4-5-17-8)12(15)9-2-3-10(13)11(16)6-9/h2-3,6,8,16H,4-5,7H2,1H3. The van der Waals surface area contributed by atoms with Crippen LogP contribution in [0.3, 0.4) is 0 Å². The van der Waals surface area contributed by atoms with Gasteiger partial charge in [0.25, 0.3) is 5.91 Å². The molecule has 1 atom stereocenters. The Morgan fingerprint density at radius 3 is 3.00 bits per heavy atom. The topological polar surface area (TPSA) is 20.3 Å². The number of rotatable bonds is 1. The van der Waals surface area contributed by atoms with Crippen LogP contribution in [0.25, 0.3) is 0 Å². The van der Waals surface area contributed by atoms with Crippen LogP contribution in [0.15, 0.2) is 23.1 Å². The van der Waals surface area contributed by atoms with Gasteiger partial charge in [-0.3, -0.25) is 4.79 Å². The Morgan fingerprint density at radius 1 is 1.59 bits per heavy atom. The highest BCUT2D eigenvalue weighted by Crippen LogP contribution is 2.21. The third kappa shape index (κ3) is 2.96. The summed E-state index contributed by atoms with van der Waals surface area (Å²) in [5.41, 5.74) is 0.510. The van der Waals surface area contributed by atoms with E-state index >= 15 is 0 Å². The lowest BCUT2D eigenvalue weighted by Crippen LogP contribution is -2.41. The molecule has 17 heavy (non-hydrogen) atoms. The van der Waals surface area contributed by atoms with Crippen LogP contribution in [0.1, 0.15) is 17.3 Å². The van der Waals surface area contributed by atoms with Crippen molar-refractivity contribution in [3.8, 4) is 0 Å². The van der Waals surface area contributed by atoms with Crippen LogP contribution in [0.2, 0.25) is 0 Å². The van der Waals surface area contributed by atoms with E-state index in [0.717, 1.165) is 18.8 Å². The first kappa shape index (κ1) is 12.8. The molecule has 0 bridgehead atoms. The zero-order valence-corrected chi connectivity index (χ0v) is 11.2. The number of amides is 1. The second kappa shape index (κ2) is 5.31. The minimum Gasteiger partial charge on any atom is -0.337 e. The molecule has 0 saturated carbocycles. The van der Waals surface area contributed by atoms with Gasteiger partial charge in [0.2, 0.25) is 0 Å². The summed E-state index contributed by atoms with van der Waals surface area (Å²) in [6, 6.07) is 4.30. The SMILES string of the molecule is CC1CN(C(=O)c2ccc(F)c(S)c2)CCS1. The van der Waals surface area contributed by atoms with Crippen LogP contribution in [0, 0.1) is 5.82 Å². The number of thiol groups is 1. The fraction of sp³-hybridized carbons (Fsp3) is 0.417. The molecule has 1 amide bonds. The lowest BCUT2D eigenvalue weighted by Gasteiger charge is -2.30. The summed E-state index contributed by atoms with van der Waals surface area (Å²) >= 11 is 5.86. The van der Waals surface area contributed by atoms with Crippen molar-refractivity contribution in [2.75, 3.05) is 18.8 Å². The van der Waals surface area contributed by atoms with Crippen LogP contribution < -0.4 is 0 Å². The molecule has 0 aromatic heterocycles. The molecule has 0 aliphatic carbocycles. The molecule has 5 heteroatoms. The van der Waals surface area contributed by atoms with E-state index in [9.17, 15) is 9.18 Å². The fourth-order valence-electron chi connectivity index (χ4n) is 1.83. The van der Waals surface area contributed by atoms with Crippen LogP contribution in [0.5, 0.6) is 0 Å². The lowest BCUT2D eigenvalue weighted by molar-refractivity contribution is 0.0763. The molecule has 0 spiro atoms. The zero-order valence-electron chi connectivity index (χ0n) is 9.52. The molecule has 1 aliphatic rings. The van der Waals surface area contributed by atoms with Crippen molar-refractivity contribution in [3.05, 3.63) is 29.6 Å². The zero-order chi connectivity index (χ0) is 12.4. The Balaban J connectivity index is 2.15. The average molecular weight is 271 g/mol. The minimum atomic E-state index is -0.396. The van der Waals surface area contributed by atoms with Gasteiger partial charge in [0, 0.05) is 34.6 Å². The number of benzene rings is 1. The van der Waals surface area contributed by atoms with Gasteiger partial charge in [-0.1, -0.05) is 6.92 Å². The second-order valence-corrected chi connectivity index (χ2v) is 6.13. The van der Waals surface area contributed by atoms with Crippen molar-refractivity contribution in [3.63, 3.8) is 0 Å². The number of halogens is 1. The van der Waals surface area contributed by atoms with Gasteiger partial charge in [0.05, 0.1) is 0 Å². The summed E-state index contributed by atoms with van der Waals surface area (Å²) in [6.07, 6.45) is 0. The van der Waals surface area contributed by atoms with E-state index in [1.165, 1.54) is 18.2 Å². The second-order valence-electron chi connectivity index (χ2n) is 4.10. The summed E-state index contributed by atoms with van der Waals surface area (Å²) in [5, 5.41) is 0.462. The molecule has 1 unspecified atom stereocenters. The Kier molecular flexibility index (Phi) is 3.99. The van der Waals surface area contributed by atoms with Crippen LogP contribution in [-0.4, -0.2) is 34.9 Å². The third-order valence-electron chi connectivity index (χ3n) is 2.72. The van der Waals surface area contributed by atoms with Gasteiger partial charge in [-0.05, 0) is 18.2 Å². The predicted octanol–water partition coefficient (Wildman–Crippen LogP) is 2.69.